The van der Waals surface area contributed by atoms with Crippen molar-refractivity contribution in [1.29, 1.82) is 0 Å². The summed E-state index contributed by atoms with van der Waals surface area (Å²) >= 11 is 10.2. The van der Waals surface area contributed by atoms with Crippen LogP contribution in [0.15, 0.2) is 45.8 Å². The van der Waals surface area contributed by atoms with E-state index in [0.717, 1.165) is 21.1 Å². The maximum Gasteiger partial charge on any atom is 0.298 e. The highest BCUT2D eigenvalue weighted by Gasteiger charge is 2.36. The number of anilines is 1. The summed E-state index contributed by atoms with van der Waals surface area (Å²) in [5.41, 5.74) is 1.05. The number of halogens is 2. The number of carbonyl (C=O) groups is 2. The average Bonchev–Trinajstić information content (AvgIpc) is 2.88. The molecule has 0 radical (unpaired) electrons. The highest BCUT2D eigenvalue weighted by molar-refractivity contribution is 9.10. The molecular formula is C18H13BrClNO4S. The van der Waals surface area contributed by atoms with Crippen molar-refractivity contribution in [3.05, 3.63) is 56.4 Å². The van der Waals surface area contributed by atoms with E-state index in [-0.39, 0.29) is 10.1 Å². The van der Waals surface area contributed by atoms with Gasteiger partial charge in [-0.15, -0.1) is 0 Å². The maximum atomic E-state index is 12.8. The zero-order valence-electron chi connectivity index (χ0n) is 13.8. The fraction of sp³-hybridized carbons (Fsp3) is 0.111. The Morgan fingerprint density at radius 3 is 2.58 bits per heavy atom. The number of hydrogen-bond donors (Lipinski definition) is 0. The first-order valence-electron chi connectivity index (χ1n) is 7.39. The van der Waals surface area contributed by atoms with Gasteiger partial charge in [0.05, 0.1) is 24.8 Å². The number of thioether (sulfide) groups is 1. The van der Waals surface area contributed by atoms with Crippen LogP contribution in [0.25, 0.3) is 6.08 Å². The van der Waals surface area contributed by atoms with E-state index >= 15 is 0 Å². The summed E-state index contributed by atoms with van der Waals surface area (Å²) in [6, 6.07) is 10.1. The Labute approximate surface area is 168 Å². The molecule has 3 rings (SSSR count). The smallest absolute Gasteiger partial charge is 0.298 e. The van der Waals surface area contributed by atoms with Crippen molar-refractivity contribution in [3.8, 4) is 11.5 Å². The molecule has 2 aromatic rings. The molecule has 2 amide bonds. The molecule has 0 atom stereocenters. The van der Waals surface area contributed by atoms with Crippen LogP contribution in [0.3, 0.4) is 0 Å². The van der Waals surface area contributed by atoms with E-state index in [1.165, 1.54) is 14.2 Å². The lowest BCUT2D eigenvalue weighted by Crippen LogP contribution is -2.27. The van der Waals surface area contributed by atoms with Gasteiger partial charge in [-0.05, 0) is 48.2 Å². The Kier molecular flexibility index (Phi) is 5.60. The van der Waals surface area contributed by atoms with E-state index in [1.54, 1.807) is 42.5 Å². The fourth-order valence-corrected chi connectivity index (χ4v) is 3.98. The summed E-state index contributed by atoms with van der Waals surface area (Å²) in [4.78, 5) is 26.5. The lowest BCUT2D eigenvalue weighted by Gasteiger charge is -2.13. The molecule has 0 spiro atoms. The van der Waals surface area contributed by atoms with Gasteiger partial charge in [0.15, 0.2) is 11.5 Å². The van der Waals surface area contributed by atoms with Gasteiger partial charge in [0.2, 0.25) is 0 Å². The third-order valence-electron chi connectivity index (χ3n) is 3.62. The van der Waals surface area contributed by atoms with Crippen LogP contribution in [0.4, 0.5) is 10.5 Å². The van der Waals surface area contributed by atoms with Gasteiger partial charge in [-0.2, -0.15) is 0 Å². The van der Waals surface area contributed by atoms with E-state index in [9.17, 15) is 9.59 Å². The van der Waals surface area contributed by atoms with Crippen molar-refractivity contribution in [2.45, 2.75) is 0 Å². The molecule has 0 bridgehead atoms. The summed E-state index contributed by atoms with van der Waals surface area (Å²) < 4.78 is 11.5. The van der Waals surface area contributed by atoms with Crippen LogP contribution in [0, 0.1) is 0 Å². The van der Waals surface area contributed by atoms with Gasteiger partial charge in [-0.3, -0.25) is 9.59 Å². The summed E-state index contributed by atoms with van der Waals surface area (Å²) in [7, 11) is 3.04. The predicted octanol–water partition coefficient (Wildman–Crippen LogP) is 5.36. The van der Waals surface area contributed by atoms with E-state index in [4.69, 9.17) is 21.1 Å². The number of imide groups is 1. The molecule has 26 heavy (non-hydrogen) atoms. The Morgan fingerprint density at radius 1 is 1.15 bits per heavy atom. The predicted molar refractivity (Wildman–Crippen MR) is 107 cm³/mol. The van der Waals surface area contributed by atoms with E-state index < -0.39 is 5.91 Å². The number of benzene rings is 2. The molecule has 134 valence electrons. The van der Waals surface area contributed by atoms with Crippen molar-refractivity contribution in [2.75, 3.05) is 19.1 Å². The molecule has 0 N–H and O–H groups in total. The van der Waals surface area contributed by atoms with Crippen molar-refractivity contribution < 1.29 is 19.1 Å². The highest BCUT2D eigenvalue weighted by atomic mass is 79.9. The lowest BCUT2D eigenvalue weighted by molar-refractivity contribution is -0.113. The Morgan fingerprint density at radius 2 is 1.92 bits per heavy atom. The minimum Gasteiger partial charge on any atom is -0.493 e. The largest absolute Gasteiger partial charge is 0.493 e. The van der Waals surface area contributed by atoms with Gasteiger partial charge in [-0.1, -0.05) is 33.6 Å². The molecule has 2 aromatic carbocycles. The quantitative estimate of drug-likeness (QED) is 0.582. The summed E-state index contributed by atoms with van der Waals surface area (Å²) in [5.74, 6) is 0.579. The van der Waals surface area contributed by atoms with Gasteiger partial charge in [0.25, 0.3) is 11.1 Å². The molecule has 8 heteroatoms. The molecule has 1 fully saturated rings. The van der Waals surface area contributed by atoms with Crippen molar-refractivity contribution in [1.82, 2.24) is 0 Å². The van der Waals surface area contributed by atoms with Crippen LogP contribution in [0.2, 0.25) is 5.02 Å². The number of hydrogen-bond acceptors (Lipinski definition) is 5. The van der Waals surface area contributed by atoms with E-state index in [1.807, 2.05) is 0 Å². The molecule has 1 aliphatic heterocycles. The Hall–Kier alpha value is -1.96. The molecule has 0 unspecified atom stereocenters. The molecular weight excluding hydrogens is 442 g/mol. The molecule has 0 saturated carbocycles. The minimum absolute atomic E-state index is 0.286. The summed E-state index contributed by atoms with van der Waals surface area (Å²) in [6.45, 7) is 0. The van der Waals surface area contributed by atoms with Crippen molar-refractivity contribution in [3.63, 3.8) is 0 Å². The van der Waals surface area contributed by atoms with Crippen LogP contribution in [-0.2, 0) is 4.79 Å². The first-order valence-corrected chi connectivity index (χ1v) is 9.38. The third-order valence-corrected chi connectivity index (χ3v) is 5.18. The van der Waals surface area contributed by atoms with Crippen LogP contribution in [-0.4, -0.2) is 25.4 Å². The number of nitrogens with zero attached hydrogens (tertiary/aromatic N) is 1. The second-order valence-corrected chi connectivity index (χ2v) is 7.57. The number of rotatable bonds is 4. The van der Waals surface area contributed by atoms with Gasteiger partial charge >= 0.3 is 0 Å². The van der Waals surface area contributed by atoms with E-state index in [0.29, 0.717) is 27.8 Å². The SMILES string of the molecule is COc1cc(Br)cc(/C=C2/SC(=O)N(c3cccc(Cl)c3)C2=O)c1OC. The average molecular weight is 455 g/mol. The lowest BCUT2D eigenvalue weighted by atomic mass is 10.1. The number of ether oxygens (including phenoxy) is 2. The standard InChI is InChI=1S/C18H13BrClNO4S/c1-24-14-8-11(19)6-10(16(14)25-2)7-15-17(22)21(18(23)26-15)13-5-3-4-12(20)9-13/h3-9H,1-2H3/b15-7+. The third kappa shape index (κ3) is 3.60. The molecule has 1 heterocycles. The molecule has 1 aliphatic rings. The first kappa shape index (κ1) is 18.8. The van der Waals surface area contributed by atoms with Crippen LogP contribution >= 0.6 is 39.3 Å². The van der Waals surface area contributed by atoms with Crippen LogP contribution in [0.5, 0.6) is 11.5 Å². The topological polar surface area (TPSA) is 55.8 Å². The number of carbonyl (C=O) groups excluding carboxylic acids is 2. The minimum atomic E-state index is -0.414. The maximum absolute atomic E-state index is 12.8. The van der Waals surface area contributed by atoms with Crippen LogP contribution < -0.4 is 14.4 Å². The summed E-state index contributed by atoms with van der Waals surface area (Å²) in [6.07, 6.45) is 1.61. The fourth-order valence-electron chi connectivity index (χ4n) is 2.51. The highest BCUT2D eigenvalue weighted by Crippen LogP contribution is 2.40. The van der Waals surface area contributed by atoms with Gasteiger partial charge in [-0.25, -0.2) is 4.90 Å². The second kappa shape index (κ2) is 7.73. The Bertz CT molecular complexity index is 931. The Balaban J connectivity index is 2.02. The number of amides is 2. The molecule has 0 aliphatic carbocycles. The molecule has 1 saturated heterocycles. The zero-order valence-corrected chi connectivity index (χ0v) is 16.9. The van der Waals surface area contributed by atoms with Crippen molar-refractivity contribution >= 4 is 62.2 Å². The van der Waals surface area contributed by atoms with Gasteiger partial charge in [0.1, 0.15) is 0 Å². The monoisotopic (exact) mass is 453 g/mol. The second-order valence-electron chi connectivity index (χ2n) is 5.23. The van der Waals surface area contributed by atoms with Gasteiger partial charge < -0.3 is 9.47 Å². The van der Waals surface area contributed by atoms with Crippen LogP contribution in [0.1, 0.15) is 5.56 Å². The van der Waals surface area contributed by atoms with Crippen molar-refractivity contribution in [2.24, 2.45) is 0 Å². The first-order chi connectivity index (χ1) is 12.4. The zero-order chi connectivity index (χ0) is 18.8. The normalized spacial score (nSPS) is 15.7. The molecule has 0 aromatic heterocycles. The summed E-state index contributed by atoms with van der Waals surface area (Å²) in [5, 5.41) is 0.0633. The number of methoxy groups -OCH3 is 2. The molecule has 5 nitrogen and oxygen atoms in total. The van der Waals surface area contributed by atoms with Gasteiger partial charge in [0, 0.05) is 15.1 Å². The van der Waals surface area contributed by atoms with E-state index in [2.05, 4.69) is 15.9 Å².